The first-order valence-corrected chi connectivity index (χ1v) is 7.47. The van der Waals surface area contributed by atoms with Crippen molar-refractivity contribution in [3.05, 3.63) is 46.3 Å². The van der Waals surface area contributed by atoms with E-state index in [4.69, 9.17) is 14.2 Å². The molecule has 2 aromatic rings. The van der Waals surface area contributed by atoms with E-state index in [0.717, 1.165) is 0 Å². The zero-order valence-electron chi connectivity index (χ0n) is 14.5. The van der Waals surface area contributed by atoms with Crippen LogP contribution in [0.5, 0.6) is 11.5 Å². The maximum atomic E-state index is 12.3. The van der Waals surface area contributed by atoms with Crippen molar-refractivity contribution < 1.29 is 23.8 Å². The summed E-state index contributed by atoms with van der Waals surface area (Å²) in [5, 5.41) is 0. The minimum Gasteiger partial charge on any atom is -0.497 e. The second-order valence-electron chi connectivity index (χ2n) is 5.44. The van der Waals surface area contributed by atoms with Crippen LogP contribution in [0.25, 0.3) is 0 Å². The monoisotopic (exact) mass is 331 g/mol. The molecule has 1 N–H and O–H groups in total. The van der Waals surface area contributed by atoms with E-state index in [1.54, 1.807) is 46.3 Å². The topological polar surface area (TPSA) is 77.6 Å². The fraction of sp³-hybridized carbons (Fsp3) is 0.333. The third-order valence-corrected chi connectivity index (χ3v) is 3.84. The molecule has 0 atom stereocenters. The Morgan fingerprint density at radius 2 is 1.83 bits per heavy atom. The molecular formula is C18H21NO5. The lowest BCUT2D eigenvalue weighted by Gasteiger charge is -2.11. The van der Waals surface area contributed by atoms with Gasteiger partial charge in [-0.3, -0.25) is 4.79 Å². The van der Waals surface area contributed by atoms with Crippen LogP contribution in [0.2, 0.25) is 0 Å². The highest BCUT2D eigenvalue weighted by molar-refractivity contribution is 6.01. The van der Waals surface area contributed by atoms with Crippen molar-refractivity contribution >= 4 is 11.8 Å². The van der Waals surface area contributed by atoms with Gasteiger partial charge in [0.15, 0.2) is 5.78 Å². The fourth-order valence-electron chi connectivity index (χ4n) is 2.69. The van der Waals surface area contributed by atoms with Crippen LogP contribution in [0, 0.1) is 13.8 Å². The number of aromatic nitrogens is 1. The van der Waals surface area contributed by atoms with Crippen molar-refractivity contribution in [3.63, 3.8) is 0 Å². The number of esters is 1. The lowest BCUT2D eigenvalue weighted by Crippen LogP contribution is -2.08. The summed E-state index contributed by atoms with van der Waals surface area (Å²) in [4.78, 5) is 26.9. The molecule has 24 heavy (non-hydrogen) atoms. The average Bonchev–Trinajstić information content (AvgIpc) is 2.86. The van der Waals surface area contributed by atoms with Crippen LogP contribution in [0.15, 0.2) is 18.2 Å². The highest BCUT2D eigenvalue weighted by Crippen LogP contribution is 2.25. The molecule has 0 aliphatic carbocycles. The predicted molar refractivity (Wildman–Crippen MR) is 88.9 cm³/mol. The Balaban J connectivity index is 2.20. The number of ether oxygens (including phenoxy) is 3. The van der Waals surface area contributed by atoms with Gasteiger partial charge >= 0.3 is 5.97 Å². The normalized spacial score (nSPS) is 10.4. The number of carbonyl (C=O) groups excluding carboxylic acids is 2. The number of hydrogen-bond donors (Lipinski definition) is 1. The summed E-state index contributed by atoms with van der Waals surface area (Å²) < 4.78 is 15.8. The summed E-state index contributed by atoms with van der Waals surface area (Å²) in [6.07, 6.45) is 0. The van der Waals surface area contributed by atoms with E-state index in [2.05, 4.69) is 4.98 Å². The van der Waals surface area contributed by atoms with Crippen molar-refractivity contribution in [2.75, 3.05) is 14.2 Å². The summed E-state index contributed by atoms with van der Waals surface area (Å²) >= 11 is 0. The van der Waals surface area contributed by atoms with Gasteiger partial charge in [0.25, 0.3) is 0 Å². The van der Waals surface area contributed by atoms with Crippen molar-refractivity contribution in [2.45, 2.75) is 27.4 Å². The van der Waals surface area contributed by atoms with Gasteiger partial charge < -0.3 is 19.2 Å². The summed E-state index contributed by atoms with van der Waals surface area (Å²) in [5.41, 5.74) is 2.77. The number of H-pyrrole nitrogens is 1. The van der Waals surface area contributed by atoms with E-state index in [9.17, 15) is 9.59 Å². The Morgan fingerprint density at radius 1 is 1.12 bits per heavy atom. The Kier molecular flexibility index (Phi) is 5.28. The Labute approximate surface area is 140 Å². The van der Waals surface area contributed by atoms with E-state index in [-0.39, 0.29) is 12.4 Å². The van der Waals surface area contributed by atoms with E-state index < -0.39 is 5.97 Å². The zero-order valence-corrected chi connectivity index (χ0v) is 14.5. The predicted octanol–water partition coefficient (Wildman–Crippen LogP) is 3.21. The highest BCUT2D eigenvalue weighted by Gasteiger charge is 2.21. The third kappa shape index (κ3) is 3.42. The molecule has 1 heterocycles. The zero-order chi connectivity index (χ0) is 17.9. The van der Waals surface area contributed by atoms with Crippen LogP contribution in [-0.4, -0.2) is 31.0 Å². The second-order valence-corrected chi connectivity index (χ2v) is 5.44. The van der Waals surface area contributed by atoms with Gasteiger partial charge in [-0.1, -0.05) is 0 Å². The molecule has 128 valence electrons. The van der Waals surface area contributed by atoms with Gasteiger partial charge in [-0.15, -0.1) is 0 Å². The molecule has 2 rings (SSSR count). The molecule has 0 aliphatic rings. The van der Waals surface area contributed by atoms with Crippen molar-refractivity contribution in [1.82, 2.24) is 4.98 Å². The number of carbonyl (C=O) groups is 2. The average molecular weight is 331 g/mol. The van der Waals surface area contributed by atoms with E-state index in [1.807, 2.05) is 0 Å². The van der Waals surface area contributed by atoms with Crippen molar-refractivity contribution in [1.29, 1.82) is 0 Å². The van der Waals surface area contributed by atoms with Gasteiger partial charge in [0.05, 0.1) is 14.2 Å². The van der Waals surface area contributed by atoms with Crippen LogP contribution < -0.4 is 9.47 Å². The summed E-state index contributed by atoms with van der Waals surface area (Å²) in [7, 11) is 3.11. The molecule has 6 nitrogen and oxygen atoms in total. The smallest absolute Gasteiger partial charge is 0.355 e. The van der Waals surface area contributed by atoms with E-state index in [1.165, 1.54) is 6.92 Å². The van der Waals surface area contributed by atoms with Gasteiger partial charge in [-0.05, 0) is 44.5 Å². The molecule has 6 heteroatoms. The van der Waals surface area contributed by atoms with Crippen LogP contribution in [-0.2, 0) is 11.3 Å². The lowest BCUT2D eigenvalue weighted by atomic mass is 10.1. The first kappa shape index (κ1) is 17.6. The molecular weight excluding hydrogens is 310 g/mol. The first-order valence-electron chi connectivity index (χ1n) is 7.47. The molecule has 0 saturated heterocycles. The molecule has 0 unspecified atom stereocenters. The first-order chi connectivity index (χ1) is 11.4. The number of methoxy groups -OCH3 is 2. The van der Waals surface area contributed by atoms with Gasteiger partial charge in [0.1, 0.15) is 23.8 Å². The molecule has 0 aliphatic heterocycles. The van der Waals surface area contributed by atoms with Gasteiger partial charge in [0, 0.05) is 16.8 Å². The van der Waals surface area contributed by atoms with Crippen LogP contribution in [0.1, 0.15) is 44.6 Å². The minimum absolute atomic E-state index is 0.0338. The number of rotatable bonds is 6. The van der Waals surface area contributed by atoms with Crippen molar-refractivity contribution in [3.8, 4) is 11.5 Å². The quantitative estimate of drug-likeness (QED) is 0.649. The minimum atomic E-state index is -0.520. The lowest BCUT2D eigenvalue weighted by molar-refractivity contribution is 0.0462. The molecule has 0 bridgehead atoms. The SMILES string of the molecule is COc1ccc(OC)c(COC(=O)c2[nH]c(C)c(C(C)=O)c2C)c1. The Morgan fingerprint density at radius 3 is 2.38 bits per heavy atom. The van der Waals surface area contributed by atoms with Gasteiger partial charge in [0.2, 0.25) is 0 Å². The maximum Gasteiger partial charge on any atom is 0.355 e. The summed E-state index contributed by atoms with van der Waals surface area (Å²) in [6.45, 7) is 4.99. The standard InChI is InChI=1S/C18H21NO5/c1-10-16(12(3)20)11(2)19-17(10)18(21)24-9-13-8-14(22-4)6-7-15(13)23-5/h6-8,19H,9H2,1-5H3. The fourth-order valence-corrected chi connectivity index (χ4v) is 2.69. The molecule has 0 saturated carbocycles. The summed E-state index contributed by atoms with van der Waals surface area (Å²) in [5.74, 6) is 0.641. The highest BCUT2D eigenvalue weighted by atomic mass is 16.5. The van der Waals surface area contributed by atoms with Crippen LogP contribution >= 0.6 is 0 Å². The molecule has 0 spiro atoms. The van der Waals surface area contributed by atoms with Crippen molar-refractivity contribution in [2.24, 2.45) is 0 Å². The molecule has 0 amide bonds. The second kappa shape index (κ2) is 7.21. The molecule has 0 fully saturated rings. The number of Topliss-reactive ketones (excluding diaryl/α,β-unsaturated/α-hetero) is 1. The number of nitrogens with one attached hydrogen (secondary N) is 1. The largest absolute Gasteiger partial charge is 0.497 e. The number of benzene rings is 1. The number of hydrogen-bond acceptors (Lipinski definition) is 5. The number of ketones is 1. The van der Waals surface area contributed by atoms with E-state index >= 15 is 0 Å². The summed E-state index contributed by atoms with van der Waals surface area (Å²) in [6, 6.07) is 5.27. The molecule has 1 aromatic carbocycles. The molecule has 1 aromatic heterocycles. The van der Waals surface area contributed by atoms with Crippen LogP contribution in [0.3, 0.4) is 0 Å². The Hall–Kier alpha value is -2.76. The third-order valence-electron chi connectivity index (χ3n) is 3.84. The van der Waals surface area contributed by atoms with Gasteiger partial charge in [-0.2, -0.15) is 0 Å². The van der Waals surface area contributed by atoms with E-state index in [0.29, 0.717) is 39.6 Å². The number of aryl methyl sites for hydroxylation is 1. The van der Waals surface area contributed by atoms with Gasteiger partial charge in [-0.25, -0.2) is 4.79 Å². The molecule has 0 radical (unpaired) electrons. The maximum absolute atomic E-state index is 12.3. The number of aromatic amines is 1. The Bertz CT molecular complexity index is 776. The van der Waals surface area contributed by atoms with Crippen LogP contribution in [0.4, 0.5) is 0 Å².